The second-order valence-electron chi connectivity index (χ2n) is 4.98. The van der Waals surface area contributed by atoms with E-state index in [4.69, 9.17) is 0 Å². The molecule has 1 aromatic rings. The molecule has 1 aliphatic carbocycles. The van der Waals surface area contributed by atoms with Crippen LogP contribution in [0, 0.1) is 0 Å². The number of amides is 1. The van der Waals surface area contributed by atoms with Gasteiger partial charge in [-0.3, -0.25) is 4.79 Å². The molecule has 1 atom stereocenters. The number of halogens is 1. The maximum Gasteiger partial charge on any atom is 0.235 e. The highest BCUT2D eigenvalue weighted by molar-refractivity contribution is 9.10. The first-order valence-corrected chi connectivity index (χ1v) is 6.68. The third-order valence-electron chi connectivity index (χ3n) is 3.93. The first-order valence-electron chi connectivity index (χ1n) is 5.89. The molecule has 88 valence electrons. The number of hydrogen-bond donors (Lipinski definition) is 1. The van der Waals surface area contributed by atoms with Gasteiger partial charge in [-0.15, -0.1) is 0 Å². The molecular formula is C14H14BrNO. The van der Waals surface area contributed by atoms with Crippen molar-refractivity contribution in [2.24, 2.45) is 0 Å². The van der Waals surface area contributed by atoms with Crippen LogP contribution >= 0.6 is 15.9 Å². The van der Waals surface area contributed by atoms with Crippen molar-refractivity contribution in [3.05, 3.63) is 39.9 Å². The average molecular weight is 292 g/mol. The van der Waals surface area contributed by atoms with Gasteiger partial charge in [-0.05, 0) is 43.9 Å². The number of fused-ring (bicyclic) bond motifs is 2. The summed E-state index contributed by atoms with van der Waals surface area (Å²) in [6.45, 7) is 2.14. The molecule has 0 fully saturated rings. The van der Waals surface area contributed by atoms with Crippen LogP contribution in [0.5, 0.6) is 0 Å². The van der Waals surface area contributed by atoms with E-state index in [1.54, 1.807) is 0 Å². The number of nitrogens with one attached hydrogen (secondary N) is 1. The van der Waals surface area contributed by atoms with Crippen molar-refractivity contribution in [3.63, 3.8) is 0 Å². The van der Waals surface area contributed by atoms with Crippen molar-refractivity contribution in [2.75, 3.05) is 5.32 Å². The zero-order valence-electron chi connectivity index (χ0n) is 9.72. The quantitative estimate of drug-likeness (QED) is 0.725. The van der Waals surface area contributed by atoms with Crippen molar-refractivity contribution in [1.82, 2.24) is 0 Å². The van der Waals surface area contributed by atoms with Gasteiger partial charge in [-0.25, -0.2) is 0 Å². The van der Waals surface area contributed by atoms with Crippen LogP contribution in [0.15, 0.2) is 34.3 Å². The summed E-state index contributed by atoms with van der Waals surface area (Å²) in [6.07, 6.45) is 4.98. The third kappa shape index (κ3) is 1.56. The number of benzene rings is 1. The number of allylic oxidation sites excluding steroid dienone is 2. The Morgan fingerprint density at radius 2 is 2.24 bits per heavy atom. The minimum absolute atomic E-state index is 0.161. The summed E-state index contributed by atoms with van der Waals surface area (Å²) in [5.74, 6) is 0.161. The molecule has 1 aliphatic heterocycles. The molecular weight excluding hydrogens is 278 g/mol. The highest BCUT2D eigenvalue weighted by Gasteiger charge is 2.46. The fourth-order valence-electron chi connectivity index (χ4n) is 2.82. The minimum Gasteiger partial charge on any atom is -0.325 e. The van der Waals surface area contributed by atoms with Crippen molar-refractivity contribution < 1.29 is 4.79 Å². The zero-order valence-corrected chi connectivity index (χ0v) is 11.3. The summed E-state index contributed by atoms with van der Waals surface area (Å²) in [6, 6.07) is 6.09. The van der Waals surface area contributed by atoms with Crippen molar-refractivity contribution in [1.29, 1.82) is 0 Å². The third-order valence-corrected chi connectivity index (χ3v) is 4.42. The van der Waals surface area contributed by atoms with Crippen LogP contribution in [-0.2, 0) is 10.2 Å². The normalized spacial score (nSPS) is 26.7. The van der Waals surface area contributed by atoms with Crippen LogP contribution in [0.25, 0.3) is 0 Å². The Labute approximate surface area is 109 Å². The topological polar surface area (TPSA) is 29.1 Å². The van der Waals surface area contributed by atoms with Crippen LogP contribution in [0.2, 0.25) is 0 Å². The van der Waals surface area contributed by atoms with E-state index in [0.29, 0.717) is 0 Å². The molecule has 1 N–H and O–H groups in total. The molecule has 0 saturated heterocycles. The predicted molar refractivity (Wildman–Crippen MR) is 72.1 cm³/mol. The van der Waals surface area contributed by atoms with Crippen LogP contribution < -0.4 is 5.32 Å². The van der Waals surface area contributed by atoms with Gasteiger partial charge in [-0.1, -0.05) is 33.6 Å². The second kappa shape index (κ2) is 3.70. The maximum atomic E-state index is 12.3. The molecule has 0 radical (unpaired) electrons. The predicted octanol–water partition coefficient (Wildman–Crippen LogP) is 3.77. The molecule has 1 heterocycles. The summed E-state index contributed by atoms with van der Waals surface area (Å²) in [5.41, 5.74) is 3.22. The van der Waals surface area contributed by atoms with Crippen molar-refractivity contribution in [2.45, 2.75) is 31.6 Å². The van der Waals surface area contributed by atoms with Gasteiger partial charge < -0.3 is 5.32 Å². The summed E-state index contributed by atoms with van der Waals surface area (Å²) in [5, 5.41) is 3.02. The van der Waals surface area contributed by atoms with E-state index < -0.39 is 0 Å². The first kappa shape index (κ1) is 11.0. The standard InChI is InChI=1S/C14H14BrNO/c1-9-4-6-14(7-5-9)11-3-2-10(15)8-12(11)16-13(14)17/h2-4,8H,5-7H2,1H3,(H,16,17)/t14-/m0/s1. The lowest BCUT2D eigenvalue weighted by Gasteiger charge is -2.30. The summed E-state index contributed by atoms with van der Waals surface area (Å²) >= 11 is 3.44. The molecule has 1 amide bonds. The van der Waals surface area contributed by atoms with Gasteiger partial charge in [0, 0.05) is 10.2 Å². The van der Waals surface area contributed by atoms with E-state index >= 15 is 0 Å². The molecule has 1 aromatic carbocycles. The smallest absolute Gasteiger partial charge is 0.235 e. The Kier molecular flexibility index (Phi) is 2.40. The van der Waals surface area contributed by atoms with E-state index in [0.717, 1.165) is 35.0 Å². The number of anilines is 1. The van der Waals surface area contributed by atoms with Gasteiger partial charge >= 0.3 is 0 Å². The summed E-state index contributed by atoms with van der Waals surface area (Å²) in [4.78, 5) is 12.3. The lowest BCUT2D eigenvalue weighted by atomic mass is 9.71. The maximum absolute atomic E-state index is 12.3. The van der Waals surface area contributed by atoms with Crippen molar-refractivity contribution >= 4 is 27.5 Å². The Hall–Kier alpha value is -1.09. The summed E-state index contributed by atoms with van der Waals surface area (Å²) < 4.78 is 1.01. The Bertz CT molecular complexity index is 535. The largest absolute Gasteiger partial charge is 0.325 e. The molecule has 2 aliphatic rings. The van der Waals surface area contributed by atoms with Crippen LogP contribution in [0.1, 0.15) is 31.7 Å². The second-order valence-corrected chi connectivity index (χ2v) is 5.90. The van der Waals surface area contributed by atoms with E-state index in [-0.39, 0.29) is 11.3 Å². The van der Waals surface area contributed by atoms with Crippen molar-refractivity contribution in [3.8, 4) is 0 Å². The fourth-order valence-corrected chi connectivity index (χ4v) is 3.18. The highest BCUT2D eigenvalue weighted by Crippen LogP contribution is 2.47. The fraction of sp³-hybridized carbons (Fsp3) is 0.357. The van der Waals surface area contributed by atoms with E-state index in [1.807, 2.05) is 12.1 Å². The van der Waals surface area contributed by atoms with Crippen LogP contribution in [0.3, 0.4) is 0 Å². The van der Waals surface area contributed by atoms with Gasteiger partial charge in [0.1, 0.15) is 0 Å². The molecule has 3 heteroatoms. The lowest BCUT2D eigenvalue weighted by molar-refractivity contribution is -0.121. The average Bonchev–Trinajstić information content (AvgIpc) is 2.55. The van der Waals surface area contributed by atoms with Crippen LogP contribution in [-0.4, -0.2) is 5.91 Å². The van der Waals surface area contributed by atoms with Gasteiger partial charge in [0.2, 0.25) is 5.91 Å². The lowest BCUT2D eigenvalue weighted by Crippen LogP contribution is -2.35. The molecule has 3 rings (SSSR count). The summed E-state index contributed by atoms with van der Waals surface area (Å²) in [7, 11) is 0. The van der Waals surface area contributed by atoms with Crippen LogP contribution in [0.4, 0.5) is 5.69 Å². The molecule has 1 spiro atoms. The van der Waals surface area contributed by atoms with E-state index in [2.05, 4.69) is 40.3 Å². The number of hydrogen-bond acceptors (Lipinski definition) is 1. The monoisotopic (exact) mass is 291 g/mol. The van der Waals surface area contributed by atoms with Gasteiger partial charge in [-0.2, -0.15) is 0 Å². The molecule has 0 aromatic heterocycles. The molecule has 0 unspecified atom stereocenters. The van der Waals surface area contributed by atoms with Gasteiger partial charge in [0.05, 0.1) is 5.41 Å². The molecule has 17 heavy (non-hydrogen) atoms. The Morgan fingerprint density at radius 1 is 1.41 bits per heavy atom. The molecule has 0 bridgehead atoms. The van der Waals surface area contributed by atoms with Gasteiger partial charge in [0.15, 0.2) is 0 Å². The molecule has 2 nitrogen and oxygen atoms in total. The number of carbonyl (C=O) groups excluding carboxylic acids is 1. The Balaban J connectivity index is 2.11. The Morgan fingerprint density at radius 3 is 2.94 bits per heavy atom. The number of rotatable bonds is 0. The highest BCUT2D eigenvalue weighted by atomic mass is 79.9. The first-order chi connectivity index (χ1) is 8.12. The molecule has 0 saturated carbocycles. The SMILES string of the molecule is CC1=CC[C@@]2(CC1)C(=O)Nc1cc(Br)ccc12. The van der Waals surface area contributed by atoms with Gasteiger partial charge in [0.25, 0.3) is 0 Å². The number of carbonyl (C=O) groups is 1. The minimum atomic E-state index is -0.310. The van der Waals surface area contributed by atoms with E-state index in [1.165, 1.54) is 5.57 Å². The zero-order chi connectivity index (χ0) is 12.0. The van der Waals surface area contributed by atoms with E-state index in [9.17, 15) is 4.79 Å².